The second-order valence-electron chi connectivity index (χ2n) is 9.96. The number of hydrogen-bond acceptors (Lipinski definition) is 7. The van der Waals surface area contributed by atoms with E-state index in [4.69, 9.17) is 4.74 Å². The standard InChI is InChI=1S/C27H33N5O3S/c1-18-23(19-9-7-6-8-10-19)29-25(36-18)30-24(33)20-11-12-22(28-17-20)32-15-13-21(14-16-32)31(5)26(34)35-27(2,3)4/h6-12,17,21H,13-16H2,1-5H3,(H,29,30,33). The average molecular weight is 508 g/mol. The van der Waals surface area contributed by atoms with Crippen molar-refractivity contribution in [2.75, 3.05) is 30.4 Å². The number of aromatic nitrogens is 2. The Morgan fingerprint density at radius 1 is 1.11 bits per heavy atom. The van der Waals surface area contributed by atoms with Crippen LogP contribution in [-0.2, 0) is 4.74 Å². The Balaban J connectivity index is 1.33. The quantitative estimate of drug-likeness (QED) is 0.484. The van der Waals surface area contributed by atoms with Crippen molar-refractivity contribution in [2.45, 2.75) is 52.2 Å². The number of ether oxygens (including phenoxy) is 1. The summed E-state index contributed by atoms with van der Waals surface area (Å²) < 4.78 is 5.49. The van der Waals surface area contributed by atoms with Gasteiger partial charge in [-0.15, -0.1) is 11.3 Å². The summed E-state index contributed by atoms with van der Waals surface area (Å²) in [6.07, 6.45) is 2.96. The smallest absolute Gasteiger partial charge is 0.410 e. The predicted molar refractivity (Wildman–Crippen MR) is 144 cm³/mol. The monoisotopic (exact) mass is 507 g/mol. The Bertz CT molecular complexity index is 1200. The number of carbonyl (C=O) groups is 2. The number of anilines is 2. The minimum absolute atomic E-state index is 0.128. The first-order valence-corrected chi connectivity index (χ1v) is 12.9. The number of amides is 2. The van der Waals surface area contributed by atoms with E-state index in [0.717, 1.165) is 47.9 Å². The van der Waals surface area contributed by atoms with Crippen LogP contribution in [0.15, 0.2) is 48.7 Å². The molecule has 2 amide bonds. The van der Waals surface area contributed by atoms with Crippen molar-refractivity contribution in [3.05, 3.63) is 59.1 Å². The number of pyridine rings is 1. The molecule has 1 N–H and O–H groups in total. The van der Waals surface area contributed by atoms with Crippen LogP contribution in [0.4, 0.5) is 15.7 Å². The number of nitrogens with one attached hydrogen (secondary N) is 1. The van der Waals surface area contributed by atoms with E-state index < -0.39 is 5.60 Å². The van der Waals surface area contributed by atoms with Crippen LogP contribution in [0.1, 0.15) is 48.8 Å². The second kappa shape index (κ2) is 10.7. The van der Waals surface area contributed by atoms with Crippen molar-refractivity contribution in [2.24, 2.45) is 0 Å². The molecule has 0 unspecified atom stereocenters. The zero-order valence-electron chi connectivity index (χ0n) is 21.4. The first-order valence-electron chi connectivity index (χ1n) is 12.1. The van der Waals surface area contributed by atoms with Gasteiger partial charge in [0.1, 0.15) is 11.4 Å². The van der Waals surface area contributed by atoms with Crippen molar-refractivity contribution in [1.82, 2.24) is 14.9 Å². The molecule has 0 aliphatic carbocycles. The van der Waals surface area contributed by atoms with Gasteiger partial charge in [-0.3, -0.25) is 10.1 Å². The highest BCUT2D eigenvalue weighted by Crippen LogP contribution is 2.30. The molecule has 4 rings (SSSR count). The Morgan fingerprint density at radius 3 is 2.42 bits per heavy atom. The van der Waals surface area contributed by atoms with Crippen LogP contribution in [0.2, 0.25) is 0 Å². The molecule has 8 nitrogen and oxygen atoms in total. The van der Waals surface area contributed by atoms with Gasteiger partial charge in [0.25, 0.3) is 5.91 Å². The third-order valence-electron chi connectivity index (χ3n) is 6.09. The largest absolute Gasteiger partial charge is 0.444 e. The number of thiazole rings is 1. The number of hydrogen-bond donors (Lipinski definition) is 1. The molecule has 36 heavy (non-hydrogen) atoms. The van der Waals surface area contributed by atoms with Crippen LogP contribution >= 0.6 is 11.3 Å². The number of nitrogens with zero attached hydrogens (tertiary/aromatic N) is 4. The summed E-state index contributed by atoms with van der Waals surface area (Å²) in [5.41, 5.74) is 1.88. The molecule has 0 atom stereocenters. The molecule has 2 aromatic heterocycles. The van der Waals surface area contributed by atoms with Gasteiger partial charge in [-0.25, -0.2) is 14.8 Å². The molecule has 3 aromatic rings. The average Bonchev–Trinajstić information content (AvgIpc) is 3.23. The van der Waals surface area contributed by atoms with Crippen LogP contribution in [0, 0.1) is 6.92 Å². The SMILES string of the molecule is Cc1sc(NC(=O)c2ccc(N3CCC(N(C)C(=O)OC(C)(C)C)CC3)nc2)nc1-c1ccccc1. The van der Waals surface area contributed by atoms with Gasteiger partial charge in [0.2, 0.25) is 0 Å². The molecule has 0 bridgehead atoms. The highest BCUT2D eigenvalue weighted by Gasteiger charge is 2.29. The Morgan fingerprint density at radius 2 is 1.81 bits per heavy atom. The molecule has 1 aromatic carbocycles. The molecule has 1 saturated heterocycles. The van der Waals surface area contributed by atoms with Crippen molar-refractivity contribution in [1.29, 1.82) is 0 Å². The maximum absolute atomic E-state index is 12.8. The normalized spacial score (nSPS) is 14.4. The van der Waals surface area contributed by atoms with Gasteiger partial charge in [-0.05, 0) is 52.7 Å². The zero-order valence-corrected chi connectivity index (χ0v) is 22.3. The zero-order chi connectivity index (χ0) is 25.9. The van der Waals surface area contributed by atoms with Gasteiger partial charge < -0.3 is 14.5 Å². The maximum Gasteiger partial charge on any atom is 0.410 e. The first-order chi connectivity index (χ1) is 17.1. The lowest BCUT2D eigenvalue weighted by molar-refractivity contribution is 0.0200. The van der Waals surface area contributed by atoms with E-state index in [9.17, 15) is 9.59 Å². The number of piperidine rings is 1. The van der Waals surface area contributed by atoms with Gasteiger partial charge in [-0.2, -0.15) is 0 Å². The van der Waals surface area contributed by atoms with Crippen molar-refractivity contribution < 1.29 is 14.3 Å². The Labute approximate surface area is 216 Å². The molecule has 9 heteroatoms. The fourth-order valence-corrected chi connectivity index (χ4v) is 4.99. The lowest BCUT2D eigenvalue weighted by atomic mass is 10.0. The van der Waals surface area contributed by atoms with E-state index in [1.165, 1.54) is 11.3 Å². The second-order valence-corrected chi connectivity index (χ2v) is 11.2. The Kier molecular flexibility index (Phi) is 7.59. The fraction of sp³-hybridized carbons (Fsp3) is 0.407. The molecule has 0 spiro atoms. The third kappa shape index (κ3) is 6.20. The van der Waals surface area contributed by atoms with Crippen molar-refractivity contribution >= 4 is 34.3 Å². The molecule has 0 saturated carbocycles. The first kappa shape index (κ1) is 25.6. The summed E-state index contributed by atoms with van der Waals surface area (Å²) in [7, 11) is 1.80. The minimum Gasteiger partial charge on any atom is -0.444 e. The van der Waals surface area contributed by atoms with Crippen molar-refractivity contribution in [3.8, 4) is 11.3 Å². The van der Waals surface area contributed by atoms with Gasteiger partial charge in [0.05, 0.1) is 11.3 Å². The molecule has 1 aliphatic rings. The van der Waals surface area contributed by atoms with Crippen LogP contribution in [0.25, 0.3) is 11.3 Å². The third-order valence-corrected chi connectivity index (χ3v) is 6.98. The molecule has 0 radical (unpaired) electrons. The van der Waals surface area contributed by atoms with Crippen LogP contribution in [0.5, 0.6) is 0 Å². The summed E-state index contributed by atoms with van der Waals surface area (Å²) in [6.45, 7) is 9.17. The summed E-state index contributed by atoms with van der Waals surface area (Å²) in [5.74, 6) is 0.585. The highest BCUT2D eigenvalue weighted by atomic mass is 32.1. The lowest BCUT2D eigenvalue weighted by Gasteiger charge is -2.37. The van der Waals surface area contributed by atoms with E-state index in [1.807, 2.05) is 64.1 Å². The van der Waals surface area contributed by atoms with E-state index in [0.29, 0.717) is 10.7 Å². The van der Waals surface area contributed by atoms with Crippen molar-refractivity contribution in [3.63, 3.8) is 0 Å². The maximum atomic E-state index is 12.8. The van der Waals surface area contributed by atoms with Crippen LogP contribution < -0.4 is 10.2 Å². The number of benzene rings is 1. The van der Waals surface area contributed by atoms with Crippen LogP contribution in [0.3, 0.4) is 0 Å². The molecular formula is C27H33N5O3S. The summed E-state index contributed by atoms with van der Waals surface area (Å²) >= 11 is 1.46. The van der Waals surface area contributed by atoms with Gasteiger partial charge >= 0.3 is 6.09 Å². The highest BCUT2D eigenvalue weighted by molar-refractivity contribution is 7.16. The van der Waals surface area contributed by atoms with Gasteiger partial charge in [0, 0.05) is 42.8 Å². The van der Waals surface area contributed by atoms with E-state index in [-0.39, 0.29) is 18.0 Å². The Hall–Kier alpha value is -3.46. The summed E-state index contributed by atoms with van der Waals surface area (Å²) in [4.78, 5) is 39.2. The molecule has 1 fully saturated rings. The van der Waals surface area contributed by atoms with Crippen LogP contribution in [-0.4, -0.2) is 58.6 Å². The number of aryl methyl sites for hydroxylation is 1. The van der Waals surface area contributed by atoms with Gasteiger partial charge in [-0.1, -0.05) is 30.3 Å². The van der Waals surface area contributed by atoms with E-state index in [2.05, 4.69) is 20.2 Å². The molecule has 1 aliphatic heterocycles. The van der Waals surface area contributed by atoms with Gasteiger partial charge in [0.15, 0.2) is 5.13 Å². The summed E-state index contributed by atoms with van der Waals surface area (Å²) in [5, 5.41) is 3.46. The topological polar surface area (TPSA) is 87.7 Å². The minimum atomic E-state index is -0.507. The van der Waals surface area contributed by atoms with E-state index in [1.54, 1.807) is 24.2 Å². The molecular weight excluding hydrogens is 474 g/mol. The summed E-state index contributed by atoms with van der Waals surface area (Å²) in [6, 6.07) is 13.7. The number of carbonyl (C=O) groups excluding carboxylic acids is 2. The lowest BCUT2D eigenvalue weighted by Crippen LogP contribution is -2.47. The fourth-order valence-electron chi connectivity index (χ4n) is 4.16. The number of rotatable bonds is 5. The molecule has 3 heterocycles. The molecule has 190 valence electrons. The predicted octanol–water partition coefficient (Wildman–Crippen LogP) is 5.60. The van der Waals surface area contributed by atoms with E-state index >= 15 is 0 Å².